The third-order valence-corrected chi connectivity index (χ3v) is 12.1. The molecule has 1 saturated carbocycles. The fraction of sp³-hybridized carbons (Fsp3) is 0.545. The molecule has 2 aliphatic heterocycles. The number of methoxy groups -OCH3 is 1. The predicted octanol–water partition coefficient (Wildman–Crippen LogP) is 4.87. The molecule has 0 radical (unpaired) electrons. The molecule has 0 saturated heterocycles. The molecule has 1 amide bonds. The van der Waals surface area contributed by atoms with E-state index in [4.69, 9.17) is 21.1 Å². The zero-order valence-electron chi connectivity index (χ0n) is 24.8. The van der Waals surface area contributed by atoms with Crippen LogP contribution < -0.4 is 14.4 Å². The molecule has 2 N–H and O–H groups in total. The van der Waals surface area contributed by atoms with Crippen molar-refractivity contribution >= 4 is 33.2 Å². The molecule has 2 bridgehead atoms. The fourth-order valence-corrected chi connectivity index (χ4v) is 8.78. The number of benzene rings is 2. The van der Waals surface area contributed by atoms with Crippen LogP contribution in [0, 0.1) is 17.8 Å². The highest BCUT2D eigenvalue weighted by Gasteiger charge is 2.44. The number of hydrogen-bond donors (Lipinski definition) is 2. The molecule has 0 unspecified atom stereocenters. The van der Waals surface area contributed by atoms with E-state index in [1.807, 2.05) is 18.2 Å². The summed E-state index contributed by atoms with van der Waals surface area (Å²) in [5.41, 5.74) is 3.33. The van der Waals surface area contributed by atoms with E-state index < -0.39 is 21.2 Å². The van der Waals surface area contributed by atoms with Crippen LogP contribution in [0.5, 0.6) is 5.75 Å². The largest absolute Gasteiger partial charge is 0.490 e. The van der Waals surface area contributed by atoms with Gasteiger partial charge < -0.3 is 19.5 Å². The second-order valence-corrected chi connectivity index (χ2v) is 15.4. The number of ether oxygens (including phenoxy) is 2. The molecule has 1 fully saturated rings. The molecule has 1 spiro atoms. The van der Waals surface area contributed by atoms with Crippen molar-refractivity contribution in [3.8, 4) is 5.75 Å². The number of nitrogens with zero attached hydrogens (tertiary/aromatic N) is 1. The number of aliphatic hydroxyl groups is 1. The summed E-state index contributed by atoms with van der Waals surface area (Å²) in [5.74, 6) is 0.275. The summed E-state index contributed by atoms with van der Waals surface area (Å²) in [7, 11) is -2.28. The highest BCUT2D eigenvalue weighted by molar-refractivity contribution is 7.90. The molecule has 232 valence electrons. The predicted molar refractivity (Wildman–Crippen MR) is 167 cm³/mol. The van der Waals surface area contributed by atoms with Crippen LogP contribution in [0.4, 0.5) is 5.69 Å². The van der Waals surface area contributed by atoms with E-state index in [-0.39, 0.29) is 41.9 Å². The van der Waals surface area contributed by atoms with Crippen molar-refractivity contribution in [2.24, 2.45) is 17.8 Å². The minimum Gasteiger partial charge on any atom is -0.490 e. The van der Waals surface area contributed by atoms with Crippen LogP contribution >= 0.6 is 11.6 Å². The highest BCUT2D eigenvalue weighted by atomic mass is 35.5. The summed E-state index contributed by atoms with van der Waals surface area (Å²) in [4.78, 5) is 15.7. The van der Waals surface area contributed by atoms with Crippen molar-refractivity contribution in [2.75, 3.05) is 38.3 Å². The Balaban J connectivity index is 1.43. The second-order valence-electron chi connectivity index (χ2n) is 12.8. The first-order chi connectivity index (χ1) is 20.6. The summed E-state index contributed by atoms with van der Waals surface area (Å²) >= 11 is 6.40. The summed E-state index contributed by atoms with van der Waals surface area (Å²) < 4.78 is 41.1. The van der Waals surface area contributed by atoms with E-state index in [0.29, 0.717) is 24.8 Å². The lowest BCUT2D eigenvalue weighted by molar-refractivity contribution is 0.0129. The topological polar surface area (TPSA) is 105 Å². The third kappa shape index (κ3) is 5.93. The summed E-state index contributed by atoms with van der Waals surface area (Å²) in [6.07, 6.45) is 8.95. The average Bonchev–Trinajstić information content (AvgIpc) is 3.12. The van der Waals surface area contributed by atoms with Crippen molar-refractivity contribution in [1.29, 1.82) is 0 Å². The number of carbonyl (C=O) groups is 1. The van der Waals surface area contributed by atoms with Crippen molar-refractivity contribution < 1.29 is 27.8 Å². The molecule has 2 aromatic rings. The number of halogens is 1. The van der Waals surface area contributed by atoms with Crippen molar-refractivity contribution in [3.05, 3.63) is 70.3 Å². The molecule has 2 heterocycles. The van der Waals surface area contributed by atoms with Gasteiger partial charge in [-0.2, -0.15) is 0 Å². The van der Waals surface area contributed by atoms with Gasteiger partial charge in [0.15, 0.2) is 0 Å². The first-order valence-corrected chi connectivity index (χ1v) is 17.2. The molecule has 8 nitrogen and oxygen atoms in total. The van der Waals surface area contributed by atoms with Crippen molar-refractivity contribution in [1.82, 2.24) is 4.72 Å². The lowest BCUT2D eigenvalue weighted by Crippen LogP contribution is -2.49. The number of rotatable bonds is 2. The Morgan fingerprint density at radius 3 is 2.77 bits per heavy atom. The number of amides is 1. The normalized spacial score (nSPS) is 32.8. The maximum atomic E-state index is 13.4. The molecular weight excluding hydrogens is 588 g/mol. The molecule has 2 aromatic carbocycles. The number of anilines is 1. The van der Waals surface area contributed by atoms with Gasteiger partial charge in [-0.25, -0.2) is 13.1 Å². The van der Waals surface area contributed by atoms with Gasteiger partial charge in [0.25, 0.3) is 5.91 Å². The van der Waals surface area contributed by atoms with E-state index in [2.05, 4.69) is 21.8 Å². The van der Waals surface area contributed by atoms with Crippen LogP contribution in [0.1, 0.15) is 60.5 Å². The quantitative estimate of drug-likeness (QED) is 0.457. The van der Waals surface area contributed by atoms with Crippen molar-refractivity contribution in [2.45, 2.75) is 62.2 Å². The molecule has 6 rings (SSSR count). The Labute approximate surface area is 259 Å². The average molecular weight is 629 g/mol. The zero-order valence-corrected chi connectivity index (χ0v) is 26.4. The van der Waals surface area contributed by atoms with Gasteiger partial charge in [0.2, 0.25) is 10.0 Å². The fourth-order valence-electron chi connectivity index (χ4n) is 7.51. The minimum atomic E-state index is -3.99. The smallest absolute Gasteiger partial charge is 0.264 e. The van der Waals surface area contributed by atoms with Gasteiger partial charge in [0.1, 0.15) is 5.75 Å². The van der Waals surface area contributed by atoms with Gasteiger partial charge in [0, 0.05) is 48.7 Å². The number of nitrogens with one attached hydrogen (secondary N) is 1. The maximum Gasteiger partial charge on any atom is 0.264 e. The Bertz CT molecular complexity index is 1510. The van der Waals surface area contributed by atoms with Crippen LogP contribution in [-0.2, 0) is 26.6 Å². The summed E-state index contributed by atoms with van der Waals surface area (Å²) in [6, 6.07) is 11.4. The van der Waals surface area contributed by atoms with E-state index in [1.165, 1.54) is 11.1 Å². The summed E-state index contributed by atoms with van der Waals surface area (Å²) in [6.45, 7) is 3.33. The standard InChI is InChI=1S/C33H41ClN2O6S/c1-21-14-22(18-37)5-11-30(41-2)27-9-6-25(27)17-36-19-33(13-3-4-23-15-26(34)8-10-28(23)33)20-42-31-12-7-24(16-29(31)36)32(38)35-43(21,39)40/h5,7-8,10-12,15-16,21-22,25,27,30,37H,3-4,6,9,13-14,17-20H2,1-2H3,(H,35,38)/b11-5+/t21-,22-,25+,27-,30+,33+/m1/s1. The number of aryl methyl sites for hydroxylation is 1. The first-order valence-electron chi connectivity index (χ1n) is 15.3. The van der Waals surface area contributed by atoms with Gasteiger partial charge in [-0.1, -0.05) is 29.8 Å². The molecule has 4 aliphatic rings. The number of fused-ring (bicyclic) bond motifs is 4. The molecule has 10 heteroatoms. The molecule has 2 aliphatic carbocycles. The maximum absolute atomic E-state index is 13.4. The van der Waals surface area contributed by atoms with Gasteiger partial charge in [0.05, 0.1) is 23.6 Å². The molecule has 6 atom stereocenters. The Kier molecular flexibility index (Phi) is 8.54. The molecule has 43 heavy (non-hydrogen) atoms. The van der Waals surface area contributed by atoms with Crippen LogP contribution in [0.15, 0.2) is 48.6 Å². The number of aliphatic hydroxyl groups excluding tert-OH is 1. The van der Waals surface area contributed by atoms with Crippen LogP contribution in [0.25, 0.3) is 0 Å². The lowest BCUT2D eigenvalue weighted by Gasteiger charge is -2.46. The Hall–Kier alpha value is -2.59. The monoisotopic (exact) mass is 628 g/mol. The van der Waals surface area contributed by atoms with Gasteiger partial charge >= 0.3 is 0 Å². The molecular formula is C33H41ClN2O6S. The van der Waals surface area contributed by atoms with Crippen LogP contribution in [-0.4, -0.2) is 64.2 Å². The van der Waals surface area contributed by atoms with Gasteiger partial charge in [-0.3, -0.25) is 4.79 Å². The van der Waals surface area contributed by atoms with Crippen molar-refractivity contribution in [3.63, 3.8) is 0 Å². The van der Waals surface area contributed by atoms with Crippen LogP contribution in [0.2, 0.25) is 5.02 Å². The second kappa shape index (κ2) is 12.1. The lowest BCUT2D eigenvalue weighted by atomic mass is 9.68. The van der Waals surface area contributed by atoms with E-state index >= 15 is 0 Å². The van der Waals surface area contributed by atoms with E-state index in [1.54, 1.807) is 32.2 Å². The first kappa shape index (κ1) is 30.4. The Morgan fingerprint density at radius 2 is 2.02 bits per heavy atom. The van der Waals surface area contributed by atoms with E-state index in [9.17, 15) is 18.3 Å². The van der Waals surface area contributed by atoms with Gasteiger partial charge in [-0.15, -0.1) is 0 Å². The zero-order chi connectivity index (χ0) is 30.4. The number of sulfonamides is 1. The minimum absolute atomic E-state index is 0.145. The SMILES string of the molecule is CO[C@H]1/C=C/[C@@H](CO)C[C@@H](C)S(=O)(=O)NC(=O)c2ccc3c(c2)N(C[C@@H]2CC[C@H]21)C[C@@]1(CCCc2cc(Cl)ccc21)CO3. The van der Waals surface area contributed by atoms with E-state index in [0.717, 1.165) is 49.4 Å². The van der Waals surface area contributed by atoms with Gasteiger partial charge in [-0.05, 0) is 98.7 Å². The number of hydrogen-bond acceptors (Lipinski definition) is 7. The third-order valence-electron chi connectivity index (χ3n) is 10.1. The summed E-state index contributed by atoms with van der Waals surface area (Å²) in [5, 5.41) is 9.88. The highest BCUT2D eigenvalue weighted by Crippen LogP contribution is 2.47. The Morgan fingerprint density at radius 1 is 1.19 bits per heavy atom. The van der Waals surface area contributed by atoms with Crippen LogP contribution in [0.3, 0.4) is 0 Å². The number of carbonyl (C=O) groups excluding carboxylic acids is 1. The molecule has 0 aromatic heterocycles.